The number of halogens is 2. The summed E-state index contributed by atoms with van der Waals surface area (Å²) in [7, 11) is 1.62. The van der Waals surface area contributed by atoms with Crippen molar-refractivity contribution in [3.8, 4) is 5.75 Å². The van der Waals surface area contributed by atoms with Gasteiger partial charge < -0.3 is 20.3 Å². The Morgan fingerprint density at radius 1 is 1.12 bits per heavy atom. The average molecular weight is 446 g/mol. The molecule has 6 nitrogen and oxygen atoms in total. The molecule has 0 radical (unpaired) electrons. The number of nitrogens with zero attached hydrogens (tertiary/aromatic N) is 1. The molecular formula is C24H29F2N3O3. The zero-order valence-corrected chi connectivity index (χ0v) is 18.2. The van der Waals surface area contributed by atoms with Gasteiger partial charge in [-0.25, -0.2) is 13.6 Å². The Kier molecular flexibility index (Phi) is 8.41. The number of piperidine rings is 1. The molecule has 3 amide bonds. The lowest BCUT2D eigenvalue weighted by atomic mass is 9.93. The first-order valence-electron chi connectivity index (χ1n) is 10.8. The molecule has 1 saturated heterocycles. The van der Waals surface area contributed by atoms with E-state index in [2.05, 4.69) is 10.6 Å². The lowest BCUT2D eigenvalue weighted by Crippen LogP contribution is -2.41. The highest BCUT2D eigenvalue weighted by Crippen LogP contribution is 2.22. The smallest absolute Gasteiger partial charge is 0.321 e. The number of methoxy groups -OCH3 is 1. The van der Waals surface area contributed by atoms with Gasteiger partial charge in [0.2, 0.25) is 5.91 Å². The molecule has 0 unspecified atom stereocenters. The van der Waals surface area contributed by atoms with Gasteiger partial charge in [0.05, 0.1) is 12.8 Å². The van der Waals surface area contributed by atoms with Crippen LogP contribution in [0.1, 0.15) is 31.2 Å². The normalized spacial score (nSPS) is 14.2. The Bertz CT molecular complexity index is 930. The van der Waals surface area contributed by atoms with Crippen molar-refractivity contribution in [3.05, 3.63) is 59.7 Å². The number of rotatable bonds is 8. The fourth-order valence-corrected chi connectivity index (χ4v) is 3.80. The predicted octanol–water partition coefficient (Wildman–Crippen LogP) is 4.36. The van der Waals surface area contributed by atoms with E-state index in [9.17, 15) is 18.4 Å². The topological polar surface area (TPSA) is 70.7 Å². The van der Waals surface area contributed by atoms with E-state index < -0.39 is 11.6 Å². The van der Waals surface area contributed by atoms with Crippen LogP contribution in [0.4, 0.5) is 19.3 Å². The van der Waals surface area contributed by atoms with Gasteiger partial charge >= 0.3 is 6.03 Å². The van der Waals surface area contributed by atoms with Crippen LogP contribution < -0.4 is 15.4 Å². The van der Waals surface area contributed by atoms with Crippen molar-refractivity contribution in [2.24, 2.45) is 5.92 Å². The summed E-state index contributed by atoms with van der Waals surface area (Å²) < 4.78 is 31.9. The molecule has 0 aliphatic carbocycles. The van der Waals surface area contributed by atoms with E-state index in [1.807, 2.05) is 24.3 Å². The van der Waals surface area contributed by atoms with Crippen LogP contribution in [0.2, 0.25) is 0 Å². The van der Waals surface area contributed by atoms with Crippen LogP contribution in [0, 0.1) is 17.6 Å². The number of aryl methyl sites for hydroxylation is 1. The molecule has 1 aliphatic rings. The maximum absolute atomic E-state index is 13.7. The van der Waals surface area contributed by atoms with Crippen LogP contribution in [-0.4, -0.2) is 43.6 Å². The minimum atomic E-state index is -0.796. The molecule has 32 heavy (non-hydrogen) atoms. The van der Waals surface area contributed by atoms with E-state index in [-0.39, 0.29) is 17.6 Å². The minimum absolute atomic E-state index is 0.0194. The number of carbonyl (C=O) groups is 2. The van der Waals surface area contributed by atoms with Gasteiger partial charge in [-0.05, 0) is 61.4 Å². The van der Waals surface area contributed by atoms with Crippen molar-refractivity contribution in [3.63, 3.8) is 0 Å². The average Bonchev–Trinajstić information content (AvgIpc) is 2.80. The summed E-state index contributed by atoms with van der Waals surface area (Å²) in [6, 6.07) is 10.4. The van der Waals surface area contributed by atoms with Crippen molar-refractivity contribution in [2.45, 2.75) is 32.1 Å². The van der Waals surface area contributed by atoms with Gasteiger partial charge in [-0.1, -0.05) is 12.1 Å². The van der Waals surface area contributed by atoms with Gasteiger partial charge in [0.25, 0.3) is 0 Å². The number of nitrogens with one attached hydrogen (secondary N) is 2. The molecule has 2 aromatic rings. The molecule has 1 fully saturated rings. The summed E-state index contributed by atoms with van der Waals surface area (Å²) in [5.74, 6) is -0.263. The van der Waals surface area contributed by atoms with Crippen LogP contribution in [0.5, 0.6) is 5.75 Å². The molecule has 1 heterocycles. The van der Waals surface area contributed by atoms with Crippen LogP contribution in [0.25, 0.3) is 0 Å². The van der Waals surface area contributed by atoms with Crippen LogP contribution in [0.3, 0.4) is 0 Å². The third kappa shape index (κ3) is 6.93. The van der Waals surface area contributed by atoms with Crippen molar-refractivity contribution in [1.29, 1.82) is 0 Å². The number of benzene rings is 2. The first-order chi connectivity index (χ1) is 15.4. The second kappa shape index (κ2) is 11.5. The second-order valence-electron chi connectivity index (χ2n) is 7.97. The van der Waals surface area contributed by atoms with E-state index in [0.717, 1.165) is 42.7 Å². The Morgan fingerprint density at radius 2 is 1.91 bits per heavy atom. The number of amides is 3. The van der Waals surface area contributed by atoms with Crippen molar-refractivity contribution >= 4 is 17.6 Å². The van der Waals surface area contributed by atoms with Gasteiger partial charge in [0, 0.05) is 32.1 Å². The number of carbonyl (C=O) groups excluding carboxylic acids is 2. The zero-order valence-electron chi connectivity index (χ0n) is 18.2. The maximum Gasteiger partial charge on any atom is 0.321 e. The highest BCUT2D eigenvalue weighted by molar-refractivity contribution is 5.89. The summed E-state index contributed by atoms with van der Waals surface area (Å²) >= 11 is 0. The van der Waals surface area contributed by atoms with E-state index in [4.69, 9.17) is 4.74 Å². The van der Waals surface area contributed by atoms with E-state index >= 15 is 0 Å². The van der Waals surface area contributed by atoms with E-state index in [1.165, 1.54) is 6.07 Å². The third-order valence-corrected chi connectivity index (χ3v) is 5.72. The number of hydrogen-bond acceptors (Lipinski definition) is 3. The summed E-state index contributed by atoms with van der Waals surface area (Å²) in [5, 5.41) is 5.47. The fraction of sp³-hybridized carbons (Fsp3) is 0.417. The Hall–Kier alpha value is -3.16. The Balaban J connectivity index is 1.32. The molecule has 0 bridgehead atoms. The molecule has 0 aromatic heterocycles. The number of anilines is 1. The molecule has 0 atom stereocenters. The fourth-order valence-electron chi connectivity index (χ4n) is 3.80. The summed E-state index contributed by atoms with van der Waals surface area (Å²) in [6.45, 7) is 1.72. The number of urea groups is 1. The SMILES string of the molecule is COc1cccc(CCC(=O)NCCC2CCN(C(=O)Nc3ccc(F)cc3F)CC2)c1. The Morgan fingerprint density at radius 3 is 2.62 bits per heavy atom. The minimum Gasteiger partial charge on any atom is -0.497 e. The monoisotopic (exact) mass is 445 g/mol. The first kappa shape index (κ1) is 23.5. The van der Waals surface area contributed by atoms with Crippen molar-refractivity contribution in [1.82, 2.24) is 10.2 Å². The molecule has 8 heteroatoms. The molecule has 1 aliphatic heterocycles. The molecule has 172 valence electrons. The van der Waals surface area contributed by atoms with Crippen LogP contribution >= 0.6 is 0 Å². The number of likely N-dealkylation sites (tertiary alicyclic amines) is 1. The highest BCUT2D eigenvalue weighted by Gasteiger charge is 2.23. The predicted molar refractivity (Wildman–Crippen MR) is 119 cm³/mol. The molecule has 2 aromatic carbocycles. The molecule has 0 saturated carbocycles. The van der Waals surface area contributed by atoms with Gasteiger partial charge in [-0.2, -0.15) is 0 Å². The lowest BCUT2D eigenvalue weighted by molar-refractivity contribution is -0.121. The van der Waals surface area contributed by atoms with E-state index in [1.54, 1.807) is 12.0 Å². The van der Waals surface area contributed by atoms with Crippen LogP contribution in [-0.2, 0) is 11.2 Å². The Labute approximate surface area is 186 Å². The zero-order chi connectivity index (χ0) is 22.9. The van der Waals surface area contributed by atoms with Gasteiger partial charge in [0.15, 0.2) is 0 Å². The third-order valence-electron chi connectivity index (χ3n) is 5.72. The van der Waals surface area contributed by atoms with Gasteiger partial charge in [-0.15, -0.1) is 0 Å². The number of ether oxygens (including phenoxy) is 1. The van der Waals surface area contributed by atoms with Crippen molar-refractivity contribution < 1.29 is 23.1 Å². The highest BCUT2D eigenvalue weighted by atomic mass is 19.1. The molecular weight excluding hydrogens is 416 g/mol. The van der Waals surface area contributed by atoms with Gasteiger partial charge in [-0.3, -0.25) is 4.79 Å². The summed E-state index contributed by atoms with van der Waals surface area (Å²) in [5.41, 5.74) is 1.03. The lowest BCUT2D eigenvalue weighted by Gasteiger charge is -2.32. The maximum atomic E-state index is 13.7. The van der Waals surface area contributed by atoms with Crippen molar-refractivity contribution in [2.75, 3.05) is 32.1 Å². The quantitative estimate of drug-likeness (QED) is 0.635. The second-order valence-corrected chi connectivity index (χ2v) is 7.97. The molecule has 2 N–H and O–H groups in total. The molecule has 0 spiro atoms. The standard InChI is InChI=1S/C24H29F2N3O3/c1-32-20-4-2-3-18(15-20)5-8-23(30)27-12-9-17-10-13-29(14-11-17)24(31)28-22-7-6-19(25)16-21(22)26/h2-4,6-7,15-17H,5,8-14H2,1H3,(H,27,30)(H,28,31). The summed E-state index contributed by atoms with van der Waals surface area (Å²) in [4.78, 5) is 26.1. The van der Waals surface area contributed by atoms with E-state index in [0.29, 0.717) is 38.4 Å². The number of hydrogen-bond donors (Lipinski definition) is 2. The summed E-state index contributed by atoms with van der Waals surface area (Å²) in [6.07, 6.45) is 3.57. The molecule has 3 rings (SSSR count). The van der Waals surface area contributed by atoms with Crippen LogP contribution in [0.15, 0.2) is 42.5 Å². The largest absolute Gasteiger partial charge is 0.497 e. The first-order valence-corrected chi connectivity index (χ1v) is 10.8. The van der Waals surface area contributed by atoms with Gasteiger partial charge in [0.1, 0.15) is 17.4 Å².